The van der Waals surface area contributed by atoms with Crippen molar-refractivity contribution in [2.75, 3.05) is 12.4 Å². The molecule has 1 aromatic heterocycles. The first-order valence-corrected chi connectivity index (χ1v) is 9.01. The number of halogens is 1. The van der Waals surface area contributed by atoms with E-state index < -0.39 is 18.0 Å². The first-order valence-electron chi connectivity index (χ1n) is 8.63. The van der Waals surface area contributed by atoms with Gasteiger partial charge < -0.3 is 14.8 Å². The Bertz CT molecular complexity index is 1160. The molecular weight excluding hydrogens is 398 g/mol. The molecule has 0 fully saturated rings. The fourth-order valence-corrected chi connectivity index (χ4v) is 2.97. The summed E-state index contributed by atoms with van der Waals surface area (Å²) in [4.78, 5) is 37.2. The van der Waals surface area contributed by atoms with Gasteiger partial charge in [0.05, 0.1) is 17.5 Å². The molecule has 29 heavy (non-hydrogen) atoms. The number of carbonyl (C=O) groups excluding carboxylic acids is 2. The van der Waals surface area contributed by atoms with Gasteiger partial charge in [0.1, 0.15) is 5.75 Å². The molecule has 0 aliphatic carbocycles. The van der Waals surface area contributed by atoms with Gasteiger partial charge in [-0.3, -0.25) is 9.59 Å². The summed E-state index contributed by atoms with van der Waals surface area (Å²) >= 11 is 6.04. The zero-order chi connectivity index (χ0) is 21.1. The molecule has 1 heterocycles. The number of carbonyl (C=O) groups is 2. The maximum atomic E-state index is 12.6. The number of methoxy groups -OCH3 is 1. The highest BCUT2D eigenvalue weighted by molar-refractivity contribution is 6.32. The van der Waals surface area contributed by atoms with Crippen LogP contribution in [0.4, 0.5) is 5.69 Å². The molecule has 1 N–H and O–H groups in total. The Balaban J connectivity index is 1.78. The largest absolute Gasteiger partial charge is 0.495 e. The highest BCUT2D eigenvalue weighted by atomic mass is 35.5. The number of rotatable bonds is 5. The van der Waals surface area contributed by atoms with E-state index in [1.165, 1.54) is 27.1 Å². The molecule has 0 spiro atoms. The number of aryl methyl sites for hydroxylation is 1. The third-order valence-corrected chi connectivity index (χ3v) is 4.52. The Morgan fingerprint density at radius 3 is 2.52 bits per heavy atom. The van der Waals surface area contributed by atoms with E-state index >= 15 is 0 Å². The number of anilines is 1. The molecule has 0 saturated heterocycles. The van der Waals surface area contributed by atoms with Gasteiger partial charge >= 0.3 is 5.97 Å². The number of nitrogens with zero attached hydrogens (tertiary/aromatic N) is 2. The Labute approximate surface area is 171 Å². The van der Waals surface area contributed by atoms with Gasteiger partial charge in [0, 0.05) is 18.1 Å². The number of nitrogens with one attached hydrogen (secondary N) is 1. The molecule has 2 aromatic carbocycles. The summed E-state index contributed by atoms with van der Waals surface area (Å²) < 4.78 is 11.4. The van der Waals surface area contributed by atoms with Gasteiger partial charge in [-0.05, 0) is 31.2 Å². The monoisotopic (exact) mass is 415 g/mol. The van der Waals surface area contributed by atoms with Gasteiger partial charge in [-0.25, -0.2) is 9.48 Å². The summed E-state index contributed by atoms with van der Waals surface area (Å²) in [6.07, 6.45) is -1.11. The van der Waals surface area contributed by atoms with E-state index in [1.807, 2.05) is 0 Å². The molecule has 0 bridgehead atoms. The lowest BCUT2D eigenvalue weighted by atomic mass is 10.1. The minimum absolute atomic E-state index is 0.0464. The topological polar surface area (TPSA) is 99.5 Å². The molecule has 150 valence electrons. The standard InChI is InChI=1S/C20H18ClN3O5/c1-11(18(25)22-12-8-9-16(28-3)15(21)10-12)29-20(27)17-13-6-4-5-7-14(13)19(26)24(2)23-17/h4-11H,1-3H3,(H,22,25)/t11-/m1/s1. The second-order valence-electron chi connectivity index (χ2n) is 6.21. The summed E-state index contributed by atoms with van der Waals surface area (Å²) in [6, 6.07) is 11.3. The van der Waals surface area contributed by atoms with Crippen molar-refractivity contribution < 1.29 is 19.1 Å². The van der Waals surface area contributed by atoms with Crippen LogP contribution in [0.5, 0.6) is 5.75 Å². The summed E-state index contributed by atoms with van der Waals surface area (Å²) in [7, 11) is 2.92. The van der Waals surface area contributed by atoms with E-state index in [0.29, 0.717) is 27.2 Å². The van der Waals surface area contributed by atoms with Gasteiger partial charge in [-0.1, -0.05) is 29.8 Å². The molecule has 3 aromatic rings. The second-order valence-corrected chi connectivity index (χ2v) is 6.62. The van der Waals surface area contributed by atoms with Crippen molar-refractivity contribution in [1.29, 1.82) is 0 Å². The Morgan fingerprint density at radius 2 is 1.86 bits per heavy atom. The van der Waals surface area contributed by atoms with E-state index in [4.69, 9.17) is 21.1 Å². The number of ether oxygens (including phenoxy) is 2. The van der Waals surface area contributed by atoms with E-state index in [1.54, 1.807) is 36.4 Å². The average Bonchev–Trinajstić information content (AvgIpc) is 2.70. The summed E-state index contributed by atoms with van der Waals surface area (Å²) in [6.45, 7) is 1.43. The van der Waals surface area contributed by atoms with Crippen LogP contribution in [-0.4, -0.2) is 34.9 Å². The maximum Gasteiger partial charge on any atom is 0.360 e. The number of aromatic nitrogens is 2. The predicted molar refractivity (Wildman–Crippen MR) is 108 cm³/mol. The van der Waals surface area contributed by atoms with Gasteiger partial charge in [-0.15, -0.1) is 0 Å². The lowest BCUT2D eigenvalue weighted by Gasteiger charge is -2.15. The first-order chi connectivity index (χ1) is 13.8. The van der Waals surface area contributed by atoms with Crippen LogP contribution in [0, 0.1) is 0 Å². The number of amides is 1. The highest BCUT2D eigenvalue weighted by Crippen LogP contribution is 2.27. The van der Waals surface area contributed by atoms with Crippen molar-refractivity contribution in [3.63, 3.8) is 0 Å². The Morgan fingerprint density at radius 1 is 1.17 bits per heavy atom. The fraction of sp³-hybridized carbons (Fsp3) is 0.200. The van der Waals surface area contributed by atoms with Crippen molar-refractivity contribution in [2.24, 2.45) is 7.05 Å². The molecule has 0 unspecified atom stereocenters. The van der Waals surface area contributed by atoms with Crippen LogP contribution in [0.1, 0.15) is 17.4 Å². The normalized spacial score (nSPS) is 11.7. The molecule has 1 amide bonds. The molecule has 0 saturated carbocycles. The summed E-state index contributed by atoms with van der Waals surface area (Å²) in [5.74, 6) is -0.891. The Hall–Kier alpha value is -3.39. The number of esters is 1. The number of hydrogen-bond donors (Lipinski definition) is 1. The van der Waals surface area contributed by atoms with E-state index in [2.05, 4.69) is 10.4 Å². The van der Waals surface area contributed by atoms with Crippen molar-refractivity contribution in [3.8, 4) is 5.75 Å². The van der Waals surface area contributed by atoms with Crippen molar-refractivity contribution >= 4 is 39.9 Å². The van der Waals surface area contributed by atoms with Gasteiger partial charge in [0.2, 0.25) is 0 Å². The average molecular weight is 416 g/mol. The van der Waals surface area contributed by atoms with E-state index in [9.17, 15) is 14.4 Å². The van der Waals surface area contributed by atoms with Crippen molar-refractivity contribution in [3.05, 3.63) is 63.5 Å². The van der Waals surface area contributed by atoms with Crippen molar-refractivity contribution in [1.82, 2.24) is 9.78 Å². The van der Waals surface area contributed by atoms with Gasteiger partial charge in [0.25, 0.3) is 11.5 Å². The van der Waals surface area contributed by atoms with Crippen LogP contribution in [0.3, 0.4) is 0 Å². The van der Waals surface area contributed by atoms with E-state index in [-0.39, 0.29) is 11.3 Å². The third-order valence-electron chi connectivity index (χ3n) is 4.22. The summed E-state index contributed by atoms with van der Waals surface area (Å²) in [5.41, 5.74) is 0.0450. The lowest BCUT2D eigenvalue weighted by Crippen LogP contribution is -2.31. The quantitative estimate of drug-likeness (QED) is 0.643. The van der Waals surface area contributed by atoms with Crippen LogP contribution in [0.2, 0.25) is 5.02 Å². The van der Waals surface area contributed by atoms with Crippen LogP contribution in [0.25, 0.3) is 10.8 Å². The number of benzene rings is 2. The zero-order valence-electron chi connectivity index (χ0n) is 15.9. The third kappa shape index (κ3) is 4.22. The second kappa shape index (κ2) is 8.32. The van der Waals surface area contributed by atoms with Gasteiger partial charge in [0.15, 0.2) is 11.8 Å². The molecule has 0 aliphatic rings. The molecule has 9 heteroatoms. The fourth-order valence-electron chi connectivity index (χ4n) is 2.71. The molecular formula is C20H18ClN3O5. The van der Waals surface area contributed by atoms with Crippen LogP contribution < -0.4 is 15.6 Å². The lowest BCUT2D eigenvalue weighted by molar-refractivity contribution is -0.123. The van der Waals surface area contributed by atoms with Crippen molar-refractivity contribution in [2.45, 2.75) is 13.0 Å². The van der Waals surface area contributed by atoms with E-state index in [0.717, 1.165) is 4.68 Å². The summed E-state index contributed by atoms with van der Waals surface area (Å²) in [5, 5.41) is 7.63. The Kier molecular flexibility index (Phi) is 5.84. The molecule has 1 atom stereocenters. The molecule has 0 radical (unpaired) electrons. The number of fused-ring (bicyclic) bond motifs is 1. The molecule has 8 nitrogen and oxygen atoms in total. The van der Waals surface area contributed by atoms with Crippen LogP contribution >= 0.6 is 11.6 Å². The highest BCUT2D eigenvalue weighted by Gasteiger charge is 2.23. The SMILES string of the molecule is COc1ccc(NC(=O)[C@@H](C)OC(=O)c2nn(C)c(=O)c3ccccc23)cc1Cl. The smallest absolute Gasteiger partial charge is 0.360 e. The zero-order valence-corrected chi connectivity index (χ0v) is 16.7. The minimum Gasteiger partial charge on any atom is -0.495 e. The first kappa shape index (κ1) is 20.3. The molecule has 3 rings (SSSR count). The molecule has 0 aliphatic heterocycles. The minimum atomic E-state index is -1.11. The predicted octanol–water partition coefficient (Wildman–Crippen LogP) is 2.78. The van der Waals surface area contributed by atoms with Crippen LogP contribution in [0.15, 0.2) is 47.3 Å². The van der Waals surface area contributed by atoms with Gasteiger partial charge in [-0.2, -0.15) is 5.10 Å². The number of hydrogen-bond acceptors (Lipinski definition) is 6. The maximum absolute atomic E-state index is 12.6. The van der Waals surface area contributed by atoms with Crippen LogP contribution in [-0.2, 0) is 16.6 Å².